The van der Waals surface area contributed by atoms with E-state index in [-0.39, 0.29) is 23.1 Å². The first kappa shape index (κ1) is 24.4. The number of hydrogen-bond donors (Lipinski definition) is 3. The minimum absolute atomic E-state index is 0.00582. The summed E-state index contributed by atoms with van der Waals surface area (Å²) in [4.78, 5) is 42.1. The SMILES string of the molecule is Cc1cccc(C(=O)Nc2ccc(N3CCN(CC(=O)NCc4cccs4)CC3)cc2C(=O)O)c1. The van der Waals surface area contributed by atoms with E-state index in [1.165, 1.54) is 0 Å². The Bertz CT molecular complexity index is 1200. The van der Waals surface area contributed by atoms with Gasteiger partial charge >= 0.3 is 5.97 Å². The predicted octanol–water partition coefficient (Wildman–Crippen LogP) is 3.45. The van der Waals surface area contributed by atoms with Crippen molar-refractivity contribution in [2.24, 2.45) is 0 Å². The van der Waals surface area contributed by atoms with Gasteiger partial charge < -0.3 is 20.6 Å². The lowest BCUT2D eigenvalue weighted by molar-refractivity contribution is -0.122. The molecule has 2 aromatic carbocycles. The fourth-order valence-corrected chi connectivity index (χ4v) is 4.66. The van der Waals surface area contributed by atoms with Crippen LogP contribution in [-0.4, -0.2) is 60.5 Å². The standard InChI is InChI=1S/C26H28N4O4S/c1-18-4-2-5-19(14-18)25(32)28-23-8-7-20(15-22(23)26(33)34)30-11-9-29(10-12-30)17-24(31)27-16-21-6-3-13-35-21/h2-8,13-15H,9-12,16-17H2,1H3,(H,27,31)(H,28,32)(H,33,34). The van der Waals surface area contributed by atoms with Crippen molar-refractivity contribution in [3.63, 3.8) is 0 Å². The van der Waals surface area contributed by atoms with Crippen molar-refractivity contribution in [1.29, 1.82) is 0 Å². The van der Waals surface area contributed by atoms with Crippen LogP contribution in [0.5, 0.6) is 0 Å². The number of thiophene rings is 1. The molecule has 1 aromatic heterocycles. The molecule has 8 nitrogen and oxygen atoms in total. The number of carboxylic acids is 1. The van der Waals surface area contributed by atoms with Gasteiger partial charge in [-0.15, -0.1) is 11.3 Å². The van der Waals surface area contributed by atoms with Crippen molar-refractivity contribution in [2.45, 2.75) is 13.5 Å². The zero-order valence-corrected chi connectivity index (χ0v) is 20.3. The van der Waals surface area contributed by atoms with Gasteiger partial charge in [0.1, 0.15) is 0 Å². The first-order valence-electron chi connectivity index (χ1n) is 11.4. The molecular weight excluding hydrogens is 464 g/mol. The van der Waals surface area contributed by atoms with E-state index in [1.807, 2.05) is 36.6 Å². The molecule has 0 saturated carbocycles. The third-order valence-corrected chi connectivity index (χ3v) is 6.78. The second kappa shape index (κ2) is 11.2. The molecule has 0 aliphatic carbocycles. The van der Waals surface area contributed by atoms with Crippen LogP contribution in [0, 0.1) is 6.92 Å². The van der Waals surface area contributed by atoms with Gasteiger partial charge in [0.15, 0.2) is 0 Å². The first-order valence-corrected chi connectivity index (χ1v) is 12.3. The van der Waals surface area contributed by atoms with Crippen LogP contribution in [0.2, 0.25) is 0 Å². The molecule has 0 radical (unpaired) electrons. The fourth-order valence-electron chi connectivity index (χ4n) is 4.02. The van der Waals surface area contributed by atoms with Crippen LogP contribution in [0.25, 0.3) is 0 Å². The summed E-state index contributed by atoms with van der Waals surface area (Å²) in [5, 5.41) is 17.4. The summed E-state index contributed by atoms with van der Waals surface area (Å²) < 4.78 is 0. The van der Waals surface area contributed by atoms with E-state index in [9.17, 15) is 19.5 Å². The van der Waals surface area contributed by atoms with E-state index in [0.717, 1.165) is 16.1 Å². The maximum Gasteiger partial charge on any atom is 0.337 e. The molecule has 1 aliphatic heterocycles. The third-order valence-electron chi connectivity index (χ3n) is 5.91. The Morgan fingerprint density at radius 1 is 1.00 bits per heavy atom. The Morgan fingerprint density at radius 3 is 2.49 bits per heavy atom. The van der Waals surface area contributed by atoms with Crippen molar-refractivity contribution in [3.8, 4) is 0 Å². The number of aromatic carboxylic acids is 1. The number of hydrogen-bond acceptors (Lipinski definition) is 6. The second-order valence-corrected chi connectivity index (χ2v) is 9.51. The van der Waals surface area contributed by atoms with Crippen molar-refractivity contribution in [1.82, 2.24) is 10.2 Å². The fraction of sp³-hybridized carbons (Fsp3) is 0.269. The van der Waals surface area contributed by atoms with Crippen LogP contribution in [0.4, 0.5) is 11.4 Å². The topological polar surface area (TPSA) is 102 Å². The lowest BCUT2D eigenvalue weighted by atomic mass is 10.1. The molecule has 3 aromatic rings. The van der Waals surface area contributed by atoms with Gasteiger partial charge in [0, 0.05) is 42.3 Å². The summed E-state index contributed by atoms with van der Waals surface area (Å²) in [5.41, 5.74) is 2.50. The van der Waals surface area contributed by atoms with Crippen LogP contribution >= 0.6 is 11.3 Å². The van der Waals surface area contributed by atoms with E-state index in [4.69, 9.17) is 0 Å². The average molecular weight is 493 g/mol. The highest BCUT2D eigenvalue weighted by Crippen LogP contribution is 2.25. The first-order chi connectivity index (χ1) is 16.9. The Hall–Kier alpha value is -3.69. The summed E-state index contributed by atoms with van der Waals surface area (Å²) in [5.74, 6) is -1.46. The van der Waals surface area contributed by atoms with Gasteiger partial charge in [0.25, 0.3) is 5.91 Å². The minimum atomic E-state index is -1.10. The minimum Gasteiger partial charge on any atom is -0.478 e. The molecule has 3 N–H and O–H groups in total. The van der Waals surface area contributed by atoms with Gasteiger partial charge in [-0.05, 0) is 48.7 Å². The number of aryl methyl sites for hydroxylation is 1. The molecule has 0 bridgehead atoms. The molecule has 1 saturated heterocycles. The van der Waals surface area contributed by atoms with Gasteiger partial charge in [-0.1, -0.05) is 23.8 Å². The van der Waals surface area contributed by atoms with Gasteiger partial charge in [-0.25, -0.2) is 4.79 Å². The zero-order chi connectivity index (χ0) is 24.8. The predicted molar refractivity (Wildman–Crippen MR) is 137 cm³/mol. The quantitative estimate of drug-likeness (QED) is 0.445. The van der Waals surface area contributed by atoms with Crippen molar-refractivity contribution < 1.29 is 19.5 Å². The lowest BCUT2D eigenvalue weighted by Gasteiger charge is -2.36. The molecule has 0 atom stereocenters. The molecule has 0 spiro atoms. The Kier molecular flexibility index (Phi) is 7.79. The molecule has 1 aliphatic rings. The molecule has 1 fully saturated rings. The van der Waals surface area contributed by atoms with Gasteiger partial charge in [0.05, 0.1) is 24.3 Å². The van der Waals surface area contributed by atoms with Crippen LogP contribution < -0.4 is 15.5 Å². The van der Waals surface area contributed by atoms with Gasteiger partial charge in [-0.2, -0.15) is 0 Å². The Labute approximate surface area is 208 Å². The number of benzene rings is 2. The molecule has 2 amide bonds. The zero-order valence-electron chi connectivity index (χ0n) is 19.5. The number of nitrogens with one attached hydrogen (secondary N) is 2. The van der Waals surface area contributed by atoms with E-state index in [1.54, 1.807) is 41.7 Å². The normalized spacial score (nSPS) is 13.9. The summed E-state index contributed by atoms with van der Waals surface area (Å²) in [7, 11) is 0. The number of piperazine rings is 1. The summed E-state index contributed by atoms with van der Waals surface area (Å²) in [6, 6.07) is 16.1. The van der Waals surface area contributed by atoms with Crippen molar-refractivity contribution in [3.05, 3.63) is 81.5 Å². The largest absolute Gasteiger partial charge is 0.478 e. The van der Waals surface area contributed by atoms with E-state index in [0.29, 0.717) is 44.8 Å². The van der Waals surface area contributed by atoms with Crippen molar-refractivity contribution >= 4 is 40.5 Å². The number of carbonyl (C=O) groups is 3. The number of nitrogens with zero attached hydrogens (tertiary/aromatic N) is 2. The molecule has 2 heterocycles. The number of amides is 2. The van der Waals surface area contributed by atoms with Gasteiger partial charge in [0.2, 0.25) is 5.91 Å². The molecule has 35 heavy (non-hydrogen) atoms. The number of anilines is 2. The highest BCUT2D eigenvalue weighted by Gasteiger charge is 2.21. The summed E-state index contributed by atoms with van der Waals surface area (Å²) in [6.45, 7) is 5.51. The molecule has 182 valence electrons. The Balaban J connectivity index is 1.34. The third kappa shape index (κ3) is 6.46. The van der Waals surface area contributed by atoms with Gasteiger partial charge in [-0.3, -0.25) is 14.5 Å². The van der Waals surface area contributed by atoms with Crippen LogP contribution in [0.3, 0.4) is 0 Å². The lowest BCUT2D eigenvalue weighted by Crippen LogP contribution is -2.49. The highest BCUT2D eigenvalue weighted by atomic mass is 32.1. The van der Waals surface area contributed by atoms with E-state index < -0.39 is 5.97 Å². The maximum atomic E-state index is 12.6. The van der Waals surface area contributed by atoms with Crippen LogP contribution in [0.1, 0.15) is 31.2 Å². The molecule has 0 unspecified atom stereocenters. The molecule has 4 rings (SSSR count). The highest BCUT2D eigenvalue weighted by molar-refractivity contribution is 7.09. The maximum absolute atomic E-state index is 12.6. The van der Waals surface area contributed by atoms with E-state index >= 15 is 0 Å². The van der Waals surface area contributed by atoms with E-state index in [2.05, 4.69) is 20.4 Å². The average Bonchev–Trinajstić information content (AvgIpc) is 3.37. The van der Waals surface area contributed by atoms with Crippen molar-refractivity contribution in [2.75, 3.05) is 42.9 Å². The van der Waals surface area contributed by atoms with Crippen LogP contribution in [-0.2, 0) is 11.3 Å². The second-order valence-electron chi connectivity index (χ2n) is 8.48. The summed E-state index contributed by atoms with van der Waals surface area (Å²) >= 11 is 1.62. The van der Waals surface area contributed by atoms with Crippen LogP contribution in [0.15, 0.2) is 60.0 Å². The number of rotatable bonds is 8. The number of carbonyl (C=O) groups excluding carboxylic acids is 2. The number of carboxylic acid groups (broad SMARTS) is 1. The summed E-state index contributed by atoms with van der Waals surface area (Å²) in [6.07, 6.45) is 0. The molecular formula is C26H28N4O4S. The smallest absolute Gasteiger partial charge is 0.337 e. The Morgan fingerprint density at radius 2 is 1.80 bits per heavy atom. The molecule has 9 heteroatoms. The monoisotopic (exact) mass is 492 g/mol.